The largest absolute Gasteiger partial charge is 0.378 e. The Morgan fingerprint density at radius 2 is 1.45 bits per heavy atom. The fourth-order valence-electron chi connectivity index (χ4n) is 0.797. The minimum absolute atomic E-state index is 1.09. The van der Waals surface area contributed by atoms with Crippen LogP contribution in [0.5, 0.6) is 0 Å². The molecule has 0 bridgehead atoms. The molecule has 0 fully saturated rings. The lowest BCUT2D eigenvalue weighted by molar-refractivity contribution is 1.13. The topological polar surface area (TPSA) is 3.24 Å². The molecule has 1 rings (SSSR count). The fourth-order valence-corrected chi connectivity index (χ4v) is 2.07. The van der Waals surface area contributed by atoms with Crippen molar-refractivity contribution >= 4 is 37.5 Å². The fraction of sp³-hybridized carbons (Fsp3) is 0.250. The van der Waals surface area contributed by atoms with E-state index in [2.05, 4.69) is 48.9 Å². The zero-order chi connectivity index (χ0) is 8.43. The van der Waals surface area contributed by atoms with Crippen LogP contribution in [-0.2, 0) is 0 Å². The molecule has 0 radical (unpaired) electrons. The molecule has 0 heterocycles. The quantitative estimate of drug-likeness (QED) is 0.762. The molecule has 3 heteroatoms. The van der Waals surface area contributed by atoms with Crippen LogP contribution in [0, 0.1) is 0 Å². The number of anilines is 1. The van der Waals surface area contributed by atoms with Gasteiger partial charge in [0.1, 0.15) is 0 Å². The van der Waals surface area contributed by atoms with Crippen molar-refractivity contribution in [2.75, 3.05) is 19.0 Å². The van der Waals surface area contributed by atoms with Gasteiger partial charge in [0.2, 0.25) is 0 Å². The first-order valence-corrected chi connectivity index (χ1v) is 4.81. The summed E-state index contributed by atoms with van der Waals surface area (Å²) in [6.45, 7) is 0. The van der Waals surface area contributed by atoms with Crippen molar-refractivity contribution in [1.29, 1.82) is 0 Å². The second-order valence-electron chi connectivity index (χ2n) is 2.52. The van der Waals surface area contributed by atoms with Gasteiger partial charge in [-0.15, -0.1) is 0 Å². The molecule has 0 saturated carbocycles. The zero-order valence-electron chi connectivity index (χ0n) is 6.44. The average molecular weight is 279 g/mol. The Morgan fingerprint density at radius 3 is 1.82 bits per heavy atom. The molecule has 1 aromatic carbocycles. The van der Waals surface area contributed by atoms with Gasteiger partial charge in [-0.1, -0.05) is 31.9 Å². The van der Waals surface area contributed by atoms with E-state index in [9.17, 15) is 0 Å². The number of benzene rings is 1. The molecule has 0 amide bonds. The van der Waals surface area contributed by atoms with E-state index in [0.29, 0.717) is 0 Å². The van der Waals surface area contributed by atoms with E-state index in [0.717, 1.165) is 8.95 Å². The Labute approximate surface area is 83.7 Å². The minimum Gasteiger partial charge on any atom is -0.378 e. The maximum absolute atomic E-state index is 3.42. The lowest BCUT2D eigenvalue weighted by atomic mass is 10.3. The summed E-state index contributed by atoms with van der Waals surface area (Å²) in [6.07, 6.45) is 0. The summed E-state index contributed by atoms with van der Waals surface area (Å²) in [7, 11) is 4.04. The first kappa shape index (κ1) is 9.07. The second kappa shape index (κ2) is 3.59. The highest BCUT2D eigenvalue weighted by atomic mass is 79.9. The van der Waals surface area contributed by atoms with E-state index in [-0.39, 0.29) is 0 Å². The van der Waals surface area contributed by atoms with Gasteiger partial charge in [0.15, 0.2) is 0 Å². The maximum Gasteiger partial charge on any atom is 0.0383 e. The van der Waals surface area contributed by atoms with E-state index in [1.807, 2.05) is 20.2 Å². The van der Waals surface area contributed by atoms with E-state index in [4.69, 9.17) is 0 Å². The Bertz CT molecular complexity index is 238. The normalized spacial score (nSPS) is 9.82. The molecule has 1 aromatic rings. The van der Waals surface area contributed by atoms with Crippen LogP contribution in [0.1, 0.15) is 0 Å². The van der Waals surface area contributed by atoms with E-state index in [1.54, 1.807) is 0 Å². The Kier molecular flexibility index (Phi) is 2.96. The standard InChI is InChI=1S/C8H9Br2N/c1-11(2)8-4-6(9)3-7(10)5-8/h3-5H,1-2H3. The van der Waals surface area contributed by atoms with Crippen molar-refractivity contribution in [2.45, 2.75) is 0 Å². The van der Waals surface area contributed by atoms with Gasteiger partial charge in [-0.25, -0.2) is 0 Å². The molecular formula is C8H9Br2N. The van der Waals surface area contributed by atoms with Crippen LogP contribution in [0.4, 0.5) is 5.69 Å². The SMILES string of the molecule is CN(C)c1cc(Br)cc(Br)c1. The van der Waals surface area contributed by atoms with Crippen molar-refractivity contribution in [3.8, 4) is 0 Å². The summed E-state index contributed by atoms with van der Waals surface area (Å²) in [5, 5.41) is 0. The zero-order valence-corrected chi connectivity index (χ0v) is 9.61. The van der Waals surface area contributed by atoms with Gasteiger partial charge < -0.3 is 4.90 Å². The van der Waals surface area contributed by atoms with Crippen LogP contribution in [-0.4, -0.2) is 14.1 Å². The molecule has 11 heavy (non-hydrogen) atoms. The molecular weight excluding hydrogens is 270 g/mol. The molecule has 0 atom stereocenters. The van der Waals surface area contributed by atoms with Gasteiger partial charge in [0.05, 0.1) is 0 Å². The number of hydrogen-bond acceptors (Lipinski definition) is 1. The molecule has 0 aliphatic carbocycles. The van der Waals surface area contributed by atoms with Crippen LogP contribution in [0.2, 0.25) is 0 Å². The van der Waals surface area contributed by atoms with E-state index < -0.39 is 0 Å². The lowest BCUT2D eigenvalue weighted by Crippen LogP contribution is -2.08. The number of rotatable bonds is 1. The summed E-state index contributed by atoms with van der Waals surface area (Å²) in [6, 6.07) is 6.17. The van der Waals surface area contributed by atoms with Gasteiger partial charge in [0, 0.05) is 28.7 Å². The van der Waals surface area contributed by atoms with Gasteiger partial charge in [-0.05, 0) is 18.2 Å². The molecule has 1 nitrogen and oxygen atoms in total. The van der Waals surface area contributed by atoms with Gasteiger partial charge >= 0.3 is 0 Å². The summed E-state index contributed by atoms with van der Waals surface area (Å²) >= 11 is 6.85. The summed E-state index contributed by atoms with van der Waals surface area (Å²) in [4.78, 5) is 2.06. The molecule has 0 aliphatic heterocycles. The molecule has 60 valence electrons. The first-order valence-electron chi connectivity index (χ1n) is 3.23. The maximum atomic E-state index is 3.42. The van der Waals surface area contributed by atoms with Crippen LogP contribution in [0.15, 0.2) is 27.1 Å². The van der Waals surface area contributed by atoms with Crippen molar-refractivity contribution < 1.29 is 0 Å². The molecule has 0 aliphatic rings. The molecule has 0 N–H and O–H groups in total. The van der Waals surface area contributed by atoms with Crippen LogP contribution in [0.3, 0.4) is 0 Å². The highest BCUT2D eigenvalue weighted by molar-refractivity contribution is 9.11. The van der Waals surface area contributed by atoms with E-state index in [1.165, 1.54) is 5.69 Å². The molecule has 0 unspecified atom stereocenters. The molecule has 0 saturated heterocycles. The van der Waals surface area contributed by atoms with Gasteiger partial charge in [-0.3, -0.25) is 0 Å². The third kappa shape index (κ3) is 2.49. The number of nitrogens with zero attached hydrogens (tertiary/aromatic N) is 1. The summed E-state index contributed by atoms with van der Waals surface area (Å²) < 4.78 is 2.19. The smallest absolute Gasteiger partial charge is 0.0383 e. The monoisotopic (exact) mass is 277 g/mol. The first-order chi connectivity index (χ1) is 5.09. The third-order valence-electron chi connectivity index (χ3n) is 1.36. The number of hydrogen-bond donors (Lipinski definition) is 0. The van der Waals surface area contributed by atoms with Crippen LogP contribution in [0.25, 0.3) is 0 Å². The Balaban J connectivity index is 3.08. The minimum atomic E-state index is 1.09. The van der Waals surface area contributed by atoms with Crippen molar-refractivity contribution in [3.63, 3.8) is 0 Å². The average Bonchev–Trinajstić information content (AvgIpc) is 1.85. The lowest BCUT2D eigenvalue weighted by Gasteiger charge is -2.12. The second-order valence-corrected chi connectivity index (χ2v) is 4.35. The van der Waals surface area contributed by atoms with Crippen molar-refractivity contribution in [3.05, 3.63) is 27.1 Å². The van der Waals surface area contributed by atoms with Gasteiger partial charge in [-0.2, -0.15) is 0 Å². The Hall–Kier alpha value is -0.0200. The molecule has 0 spiro atoms. The van der Waals surface area contributed by atoms with Crippen LogP contribution >= 0.6 is 31.9 Å². The van der Waals surface area contributed by atoms with Crippen LogP contribution < -0.4 is 4.90 Å². The summed E-state index contributed by atoms with van der Waals surface area (Å²) in [5.74, 6) is 0. The Morgan fingerprint density at radius 1 is 1.00 bits per heavy atom. The highest BCUT2D eigenvalue weighted by Crippen LogP contribution is 2.24. The number of halogens is 2. The predicted molar refractivity (Wildman–Crippen MR) is 56.2 cm³/mol. The van der Waals surface area contributed by atoms with Crippen molar-refractivity contribution in [1.82, 2.24) is 0 Å². The van der Waals surface area contributed by atoms with Crippen molar-refractivity contribution in [2.24, 2.45) is 0 Å². The highest BCUT2D eigenvalue weighted by Gasteiger charge is 1.97. The van der Waals surface area contributed by atoms with Gasteiger partial charge in [0.25, 0.3) is 0 Å². The third-order valence-corrected chi connectivity index (χ3v) is 2.28. The summed E-state index contributed by atoms with van der Waals surface area (Å²) in [5.41, 5.74) is 1.19. The van der Waals surface area contributed by atoms with E-state index >= 15 is 0 Å². The predicted octanol–water partition coefficient (Wildman–Crippen LogP) is 3.28. The molecule has 0 aromatic heterocycles.